The van der Waals surface area contributed by atoms with E-state index in [0.717, 1.165) is 6.54 Å². The first kappa shape index (κ1) is 12.3. The van der Waals surface area contributed by atoms with Crippen molar-refractivity contribution < 1.29 is 0 Å². The third-order valence-corrected chi connectivity index (χ3v) is 4.30. The fourth-order valence-electron chi connectivity index (χ4n) is 2.39. The molecular formula is C16H21N3. The van der Waals surface area contributed by atoms with E-state index in [1.807, 2.05) is 23.1 Å². The molecule has 3 nitrogen and oxygen atoms in total. The van der Waals surface area contributed by atoms with E-state index in [9.17, 15) is 0 Å². The van der Waals surface area contributed by atoms with Crippen LogP contribution < -0.4 is 5.32 Å². The van der Waals surface area contributed by atoms with Crippen LogP contribution in [0.2, 0.25) is 0 Å². The van der Waals surface area contributed by atoms with Gasteiger partial charge in [0, 0.05) is 24.1 Å². The van der Waals surface area contributed by atoms with E-state index in [4.69, 9.17) is 0 Å². The first-order chi connectivity index (χ1) is 9.16. The van der Waals surface area contributed by atoms with Gasteiger partial charge in [-0.05, 0) is 48.9 Å². The Balaban J connectivity index is 1.69. The monoisotopic (exact) mass is 255 g/mol. The van der Waals surface area contributed by atoms with Crippen molar-refractivity contribution in [3.05, 3.63) is 48.3 Å². The first-order valence-corrected chi connectivity index (χ1v) is 6.99. The van der Waals surface area contributed by atoms with Crippen molar-refractivity contribution >= 4 is 5.69 Å². The summed E-state index contributed by atoms with van der Waals surface area (Å²) in [6.07, 6.45) is 6.49. The van der Waals surface area contributed by atoms with Gasteiger partial charge in [0.05, 0.1) is 6.54 Å². The summed E-state index contributed by atoms with van der Waals surface area (Å²) in [5, 5.41) is 7.88. The molecule has 1 heterocycles. The van der Waals surface area contributed by atoms with Gasteiger partial charge >= 0.3 is 0 Å². The molecule has 3 heteroatoms. The summed E-state index contributed by atoms with van der Waals surface area (Å²) in [6.45, 7) is 5.47. The molecule has 1 aromatic carbocycles. The van der Waals surface area contributed by atoms with Crippen LogP contribution in [-0.2, 0) is 6.54 Å². The maximum absolute atomic E-state index is 4.25. The number of hydrogen-bond donors (Lipinski definition) is 1. The van der Waals surface area contributed by atoms with Crippen LogP contribution in [-0.4, -0.2) is 15.8 Å². The zero-order chi connectivity index (χ0) is 13.3. The number of aromatic nitrogens is 2. The van der Waals surface area contributed by atoms with Gasteiger partial charge in [-0.2, -0.15) is 5.10 Å². The predicted octanol–water partition coefficient (Wildman–Crippen LogP) is 3.53. The third-order valence-electron chi connectivity index (χ3n) is 4.30. The Labute approximate surface area is 114 Å². The molecule has 1 aliphatic carbocycles. The van der Waals surface area contributed by atoms with Crippen molar-refractivity contribution in [1.82, 2.24) is 9.78 Å². The van der Waals surface area contributed by atoms with Crippen LogP contribution in [0.3, 0.4) is 0 Å². The number of benzene rings is 1. The van der Waals surface area contributed by atoms with Crippen molar-refractivity contribution in [3.8, 4) is 0 Å². The maximum Gasteiger partial charge on any atom is 0.0660 e. The Kier molecular flexibility index (Phi) is 3.05. The number of hydrogen-bond acceptors (Lipinski definition) is 2. The molecule has 100 valence electrons. The first-order valence-electron chi connectivity index (χ1n) is 6.99. The molecule has 1 fully saturated rings. The topological polar surface area (TPSA) is 29.9 Å². The van der Waals surface area contributed by atoms with Gasteiger partial charge < -0.3 is 5.32 Å². The van der Waals surface area contributed by atoms with E-state index in [1.54, 1.807) is 0 Å². The van der Waals surface area contributed by atoms with Gasteiger partial charge in [0.1, 0.15) is 0 Å². The summed E-state index contributed by atoms with van der Waals surface area (Å²) < 4.78 is 1.95. The molecule has 0 spiro atoms. The lowest BCUT2D eigenvalue weighted by molar-refractivity contribution is 0.493. The highest BCUT2D eigenvalue weighted by atomic mass is 15.3. The smallest absolute Gasteiger partial charge is 0.0660 e. The second-order valence-electron chi connectivity index (χ2n) is 5.92. The molecule has 19 heavy (non-hydrogen) atoms. The SMILES string of the molecule is CC(Nc1cccc(Cn2cccn2)c1)C1(C)CC1. The van der Waals surface area contributed by atoms with Gasteiger partial charge in [0.15, 0.2) is 0 Å². The predicted molar refractivity (Wildman–Crippen MR) is 78.2 cm³/mol. The van der Waals surface area contributed by atoms with Crippen molar-refractivity contribution in [3.63, 3.8) is 0 Å². The average Bonchev–Trinajstić information content (AvgIpc) is 2.95. The summed E-state index contributed by atoms with van der Waals surface area (Å²) in [4.78, 5) is 0. The van der Waals surface area contributed by atoms with Crippen molar-refractivity contribution in [2.75, 3.05) is 5.32 Å². The summed E-state index contributed by atoms with van der Waals surface area (Å²) in [6, 6.07) is 11.1. The van der Waals surface area contributed by atoms with Crippen molar-refractivity contribution in [2.45, 2.75) is 39.3 Å². The van der Waals surface area contributed by atoms with E-state index in [2.05, 4.69) is 48.5 Å². The summed E-state index contributed by atoms with van der Waals surface area (Å²) in [5.74, 6) is 0. The van der Waals surface area contributed by atoms with Crippen LogP contribution in [0.1, 0.15) is 32.3 Å². The molecule has 0 bridgehead atoms. The van der Waals surface area contributed by atoms with Crippen LogP contribution in [0.4, 0.5) is 5.69 Å². The molecule has 1 N–H and O–H groups in total. The lowest BCUT2D eigenvalue weighted by Gasteiger charge is -2.22. The molecule has 0 radical (unpaired) electrons. The molecule has 1 unspecified atom stereocenters. The quantitative estimate of drug-likeness (QED) is 0.885. The largest absolute Gasteiger partial charge is 0.382 e. The number of nitrogens with zero attached hydrogens (tertiary/aromatic N) is 2. The van der Waals surface area contributed by atoms with Gasteiger partial charge in [0.25, 0.3) is 0 Å². The second-order valence-corrected chi connectivity index (χ2v) is 5.92. The Morgan fingerprint density at radius 2 is 2.21 bits per heavy atom. The standard InChI is InChI=1S/C16H21N3/c1-13(16(2)7-8-16)18-15-6-3-5-14(11-15)12-19-10-4-9-17-19/h3-6,9-11,13,18H,7-8,12H2,1-2H3. The molecule has 0 aliphatic heterocycles. The van der Waals surface area contributed by atoms with E-state index >= 15 is 0 Å². The van der Waals surface area contributed by atoms with Gasteiger partial charge in [-0.1, -0.05) is 19.1 Å². The summed E-state index contributed by atoms with van der Waals surface area (Å²) >= 11 is 0. The lowest BCUT2D eigenvalue weighted by Crippen LogP contribution is -2.24. The Morgan fingerprint density at radius 1 is 1.37 bits per heavy atom. The van der Waals surface area contributed by atoms with Crippen molar-refractivity contribution in [2.24, 2.45) is 5.41 Å². The van der Waals surface area contributed by atoms with Crippen LogP contribution >= 0.6 is 0 Å². The van der Waals surface area contributed by atoms with Gasteiger partial charge in [-0.3, -0.25) is 4.68 Å². The summed E-state index contributed by atoms with van der Waals surface area (Å²) in [7, 11) is 0. The van der Waals surface area contributed by atoms with Gasteiger partial charge in [0.2, 0.25) is 0 Å². The molecular weight excluding hydrogens is 234 g/mol. The Bertz CT molecular complexity index is 541. The van der Waals surface area contributed by atoms with E-state index < -0.39 is 0 Å². The van der Waals surface area contributed by atoms with Crippen LogP contribution in [0.25, 0.3) is 0 Å². The fraction of sp³-hybridized carbons (Fsp3) is 0.438. The maximum atomic E-state index is 4.25. The minimum absolute atomic E-state index is 0.498. The highest BCUT2D eigenvalue weighted by Gasteiger charge is 2.42. The van der Waals surface area contributed by atoms with E-state index in [0.29, 0.717) is 11.5 Å². The number of nitrogens with one attached hydrogen (secondary N) is 1. The molecule has 0 amide bonds. The Morgan fingerprint density at radius 3 is 2.89 bits per heavy atom. The van der Waals surface area contributed by atoms with Gasteiger partial charge in [-0.15, -0.1) is 0 Å². The van der Waals surface area contributed by atoms with E-state index in [-0.39, 0.29) is 0 Å². The van der Waals surface area contributed by atoms with Crippen LogP contribution in [0.5, 0.6) is 0 Å². The second kappa shape index (κ2) is 4.72. The van der Waals surface area contributed by atoms with E-state index in [1.165, 1.54) is 24.1 Å². The molecule has 1 saturated carbocycles. The molecule has 1 aromatic heterocycles. The lowest BCUT2D eigenvalue weighted by atomic mass is 10.0. The number of rotatable bonds is 5. The zero-order valence-electron chi connectivity index (χ0n) is 11.6. The van der Waals surface area contributed by atoms with Crippen LogP contribution in [0, 0.1) is 5.41 Å². The fourth-order valence-corrected chi connectivity index (χ4v) is 2.39. The highest BCUT2D eigenvalue weighted by Crippen LogP contribution is 2.48. The normalized spacial score (nSPS) is 18.0. The minimum atomic E-state index is 0.498. The molecule has 0 saturated heterocycles. The highest BCUT2D eigenvalue weighted by molar-refractivity contribution is 5.47. The molecule has 1 aliphatic rings. The Hall–Kier alpha value is -1.77. The zero-order valence-corrected chi connectivity index (χ0v) is 11.6. The molecule has 2 aromatic rings. The number of anilines is 1. The third kappa shape index (κ3) is 2.80. The molecule has 3 rings (SSSR count). The minimum Gasteiger partial charge on any atom is -0.382 e. The van der Waals surface area contributed by atoms with Gasteiger partial charge in [-0.25, -0.2) is 0 Å². The summed E-state index contributed by atoms with van der Waals surface area (Å²) in [5.41, 5.74) is 2.99. The van der Waals surface area contributed by atoms with Crippen LogP contribution in [0.15, 0.2) is 42.7 Å². The average molecular weight is 255 g/mol. The molecule has 1 atom stereocenters. The van der Waals surface area contributed by atoms with Crippen molar-refractivity contribution in [1.29, 1.82) is 0 Å².